The van der Waals surface area contributed by atoms with Gasteiger partial charge in [-0.3, -0.25) is 10.2 Å². The largest absolute Gasteiger partial charge is 0.301 e. The number of nitriles is 1. The second-order valence-electron chi connectivity index (χ2n) is 3.81. The van der Waals surface area contributed by atoms with Crippen LogP contribution in [0.2, 0.25) is 0 Å². The van der Waals surface area contributed by atoms with Gasteiger partial charge in [0.2, 0.25) is 0 Å². The van der Waals surface area contributed by atoms with Gasteiger partial charge in [-0.15, -0.1) is 11.3 Å². The summed E-state index contributed by atoms with van der Waals surface area (Å²) in [6.45, 7) is 3.44. The number of thiophene rings is 1. The number of nitrogens with two attached hydrogens (primary N) is 1. The first-order valence-corrected chi connectivity index (χ1v) is 6.06. The lowest BCUT2D eigenvalue weighted by molar-refractivity contribution is 0.0957. The molecule has 0 unspecified atom stereocenters. The van der Waals surface area contributed by atoms with Crippen molar-refractivity contribution in [3.8, 4) is 6.07 Å². The van der Waals surface area contributed by atoms with Gasteiger partial charge in [0.15, 0.2) is 0 Å². The molecule has 92 valence electrons. The summed E-state index contributed by atoms with van der Waals surface area (Å²) in [5, 5.41) is 8.50. The maximum atomic E-state index is 11.4. The van der Waals surface area contributed by atoms with Crippen LogP contribution in [0.15, 0.2) is 6.07 Å². The monoisotopic (exact) mass is 252 g/mol. The molecule has 1 heterocycles. The van der Waals surface area contributed by atoms with Gasteiger partial charge in [0.1, 0.15) is 0 Å². The molecule has 0 aliphatic rings. The minimum absolute atomic E-state index is 0.260. The number of carbonyl (C=O) groups is 1. The van der Waals surface area contributed by atoms with Gasteiger partial charge in [0.25, 0.3) is 5.91 Å². The Hall–Kier alpha value is -1.42. The van der Waals surface area contributed by atoms with Crippen molar-refractivity contribution < 1.29 is 4.79 Å². The molecule has 1 amide bonds. The van der Waals surface area contributed by atoms with Crippen LogP contribution in [0.3, 0.4) is 0 Å². The molecule has 0 fully saturated rings. The Morgan fingerprint density at radius 3 is 3.00 bits per heavy atom. The molecule has 0 radical (unpaired) electrons. The SMILES string of the molecule is Cc1sc(C(=O)NN)cc1CN(C)CCC#N. The highest BCUT2D eigenvalue weighted by Gasteiger charge is 2.12. The Morgan fingerprint density at radius 2 is 2.41 bits per heavy atom. The first-order valence-electron chi connectivity index (χ1n) is 5.24. The van der Waals surface area contributed by atoms with E-state index >= 15 is 0 Å². The second-order valence-corrected chi connectivity index (χ2v) is 5.07. The van der Waals surface area contributed by atoms with Crippen molar-refractivity contribution in [2.24, 2.45) is 5.84 Å². The van der Waals surface area contributed by atoms with Crippen LogP contribution >= 0.6 is 11.3 Å². The van der Waals surface area contributed by atoms with Crippen molar-refractivity contribution in [1.82, 2.24) is 10.3 Å². The van der Waals surface area contributed by atoms with Crippen LogP contribution in [-0.2, 0) is 6.54 Å². The molecular formula is C11H16N4OS. The summed E-state index contributed by atoms with van der Waals surface area (Å²) in [7, 11) is 1.96. The summed E-state index contributed by atoms with van der Waals surface area (Å²) in [4.78, 5) is 15.1. The van der Waals surface area contributed by atoms with Crippen LogP contribution in [0, 0.1) is 18.3 Å². The number of carbonyl (C=O) groups excluding carboxylic acids is 1. The van der Waals surface area contributed by atoms with Gasteiger partial charge in [-0.2, -0.15) is 5.26 Å². The van der Waals surface area contributed by atoms with Gasteiger partial charge in [-0.1, -0.05) is 0 Å². The van der Waals surface area contributed by atoms with Crippen LogP contribution in [0.25, 0.3) is 0 Å². The number of hydrogen-bond donors (Lipinski definition) is 2. The molecule has 1 aromatic rings. The number of nitrogen functional groups attached to an aromatic ring is 1. The smallest absolute Gasteiger partial charge is 0.275 e. The molecule has 3 N–H and O–H groups in total. The zero-order valence-corrected chi connectivity index (χ0v) is 10.8. The Morgan fingerprint density at radius 1 is 1.71 bits per heavy atom. The molecule has 0 atom stereocenters. The number of nitrogens with one attached hydrogen (secondary N) is 1. The van der Waals surface area contributed by atoms with E-state index in [0.29, 0.717) is 11.3 Å². The molecule has 0 aliphatic carbocycles. The van der Waals surface area contributed by atoms with Gasteiger partial charge < -0.3 is 4.90 Å². The molecule has 0 aliphatic heterocycles. The quantitative estimate of drug-likeness (QED) is 0.465. The van der Waals surface area contributed by atoms with E-state index in [0.717, 1.165) is 23.5 Å². The molecule has 0 aromatic carbocycles. The van der Waals surface area contributed by atoms with E-state index in [1.165, 1.54) is 11.3 Å². The molecular weight excluding hydrogens is 236 g/mol. The van der Waals surface area contributed by atoms with Crippen LogP contribution in [-0.4, -0.2) is 24.4 Å². The van der Waals surface area contributed by atoms with E-state index in [1.54, 1.807) is 0 Å². The summed E-state index contributed by atoms with van der Waals surface area (Å²) in [6.07, 6.45) is 0.510. The number of hydrazine groups is 1. The van der Waals surface area contributed by atoms with E-state index in [-0.39, 0.29) is 5.91 Å². The average Bonchev–Trinajstić information content (AvgIpc) is 2.67. The number of hydrogen-bond acceptors (Lipinski definition) is 5. The maximum Gasteiger partial charge on any atom is 0.275 e. The molecule has 0 bridgehead atoms. The highest BCUT2D eigenvalue weighted by Crippen LogP contribution is 2.22. The molecule has 0 spiro atoms. The van der Waals surface area contributed by atoms with E-state index in [2.05, 4.69) is 16.4 Å². The van der Waals surface area contributed by atoms with Crippen LogP contribution in [0.1, 0.15) is 26.5 Å². The third-order valence-corrected chi connectivity index (χ3v) is 3.51. The number of rotatable bonds is 5. The fourth-order valence-electron chi connectivity index (χ4n) is 1.47. The highest BCUT2D eigenvalue weighted by molar-refractivity contribution is 7.14. The summed E-state index contributed by atoms with van der Waals surface area (Å²) < 4.78 is 0. The predicted molar refractivity (Wildman–Crippen MR) is 67.3 cm³/mol. The third kappa shape index (κ3) is 3.82. The van der Waals surface area contributed by atoms with Crippen molar-refractivity contribution in [3.05, 3.63) is 21.4 Å². The van der Waals surface area contributed by atoms with E-state index in [4.69, 9.17) is 11.1 Å². The summed E-state index contributed by atoms with van der Waals surface area (Å²) in [5.41, 5.74) is 3.23. The van der Waals surface area contributed by atoms with Gasteiger partial charge in [-0.05, 0) is 25.6 Å². The van der Waals surface area contributed by atoms with Gasteiger partial charge in [0, 0.05) is 24.4 Å². The minimum Gasteiger partial charge on any atom is -0.301 e. The van der Waals surface area contributed by atoms with E-state index in [1.807, 2.05) is 20.0 Å². The molecule has 0 saturated heterocycles. The third-order valence-electron chi connectivity index (χ3n) is 2.42. The lowest BCUT2D eigenvalue weighted by Gasteiger charge is -2.14. The van der Waals surface area contributed by atoms with Crippen LogP contribution < -0.4 is 11.3 Å². The Bertz CT molecular complexity index is 435. The molecule has 0 saturated carbocycles. The molecule has 1 rings (SSSR count). The number of nitrogens with zero attached hydrogens (tertiary/aromatic N) is 2. The first kappa shape index (κ1) is 13.6. The van der Waals surface area contributed by atoms with Crippen molar-refractivity contribution in [2.75, 3.05) is 13.6 Å². The van der Waals surface area contributed by atoms with Crippen molar-refractivity contribution in [1.29, 1.82) is 5.26 Å². The lowest BCUT2D eigenvalue weighted by Crippen LogP contribution is -2.29. The van der Waals surface area contributed by atoms with Crippen molar-refractivity contribution in [2.45, 2.75) is 19.9 Å². The van der Waals surface area contributed by atoms with Crippen LogP contribution in [0.5, 0.6) is 0 Å². The minimum atomic E-state index is -0.260. The topological polar surface area (TPSA) is 82.2 Å². The Kier molecular flexibility index (Phi) is 5.10. The maximum absolute atomic E-state index is 11.4. The summed E-state index contributed by atoms with van der Waals surface area (Å²) in [5.74, 6) is 4.83. The Balaban J connectivity index is 2.69. The lowest BCUT2D eigenvalue weighted by atomic mass is 10.2. The van der Waals surface area contributed by atoms with Gasteiger partial charge in [-0.25, -0.2) is 5.84 Å². The summed E-state index contributed by atoms with van der Waals surface area (Å²) in [6, 6.07) is 3.96. The van der Waals surface area contributed by atoms with Crippen LogP contribution in [0.4, 0.5) is 0 Å². The number of aryl methyl sites for hydroxylation is 1. The van der Waals surface area contributed by atoms with Crippen molar-refractivity contribution >= 4 is 17.2 Å². The average molecular weight is 252 g/mol. The normalized spacial score (nSPS) is 10.3. The fourth-order valence-corrected chi connectivity index (χ4v) is 2.41. The zero-order chi connectivity index (χ0) is 12.8. The first-order chi connectivity index (χ1) is 8.08. The Labute approximate surface area is 105 Å². The second kappa shape index (κ2) is 6.35. The van der Waals surface area contributed by atoms with Gasteiger partial charge >= 0.3 is 0 Å². The van der Waals surface area contributed by atoms with E-state index in [9.17, 15) is 4.79 Å². The standard InChI is InChI=1S/C11H16N4OS/c1-8-9(7-15(2)5-3-4-12)6-10(17-8)11(16)14-13/h6H,3,5,7,13H2,1-2H3,(H,14,16). The highest BCUT2D eigenvalue weighted by atomic mass is 32.1. The number of amides is 1. The molecule has 17 heavy (non-hydrogen) atoms. The summed E-state index contributed by atoms with van der Waals surface area (Å²) >= 11 is 1.43. The fraction of sp³-hybridized carbons (Fsp3) is 0.455. The molecule has 1 aromatic heterocycles. The zero-order valence-electron chi connectivity index (χ0n) is 9.99. The van der Waals surface area contributed by atoms with Crippen molar-refractivity contribution in [3.63, 3.8) is 0 Å². The molecule has 5 nitrogen and oxygen atoms in total. The molecule has 6 heteroatoms. The van der Waals surface area contributed by atoms with Gasteiger partial charge in [0.05, 0.1) is 10.9 Å². The predicted octanol–water partition coefficient (Wildman–Crippen LogP) is 1.01. The van der Waals surface area contributed by atoms with E-state index < -0.39 is 0 Å².